The Morgan fingerprint density at radius 2 is 2.00 bits per heavy atom. The molecule has 60 valence electrons. The van der Waals surface area contributed by atoms with Crippen LogP contribution < -0.4 is 11.4 Å². The summed E-state index contributed by atoms with van der Waals surface area (Å²) in [5.41, 5.74) is -0.762. The first kappa shape index (κ1) is 7.52. The van der Waals surface area contributed by atoms with Crippen molar-refractivity contribution in [1.82, 2.24) is 9.31 Å². The summed E-state index contributed by atoms with van der Waals surface area (Å²) in [7, 11) is 1.23. The van der Waals surface area contributed by atoms with E-state index in [1.54, 1.807) is 0 Å². The normalized spacial score (nSPS) is 10.0. The van der Waals surface area contributed by atoms with Gasteiger partial charge in [-0.1, -0.05) is 4.74 Å². The lowest BCUT2D eigenvalue weighted by Crippen LogP contribution is -2.27. The van der Waals surface area contributed by atoms with Crippen molar-refractivity contribution in [1.29, 1.82) is 0 Å². The van der Waals surface area contributed by atoms with Crippen LogP contribution in [0.1, 0.15) is 11.7 Å². The molecule has 0 aliphatic rings. The SMILES string of the molecule is CC(=O)n1oc(=O)n(C)c1=O. The molecule has 6 heteroatoms. The second kappa shape index (κ2) is 2.22. The van der Waals surface area contributed by atoms with Gasteiger partial charge in [0.05, 0.1) is 0 Å². The smallest absolute Gasteiger partial charge is 0.309 e. The van der Waals surface area contributed by atoms with Crippen LogP contribution in [0.3, 0.4) is 0 Å². The van der Waals surface area contributed by atoms with Crippen molar-refractivity contribution in [3.63, 3.8) is 0 Å². The lowest BCUT2D eigenvalue weighted by atomic mass is 10.7. The Balaban J connectivity index is 3.55. The molecule has 0 radical (unpaired) electrons. The van der Waals surface area contributed by atoms with E-state index in [0.717, 1.165) is 6.92 Å². The highest BCUT2D eigenvalue weighted by atomic mass is 16.5. The molecule has 0 bridgehead atoms. The van der Waals surface area contributed by atoms with Gasteiger partial charge in [-0.15, -0.1) is 0 Å². The van der Waals surface area contributed by atoms with Crippen molar-refractivity contribution in [3.8, 4) is 0 Å². The zero-order valence-corrected chi connectivity index (χ0v) is 6.03. The van der Waals surface area contributed by atoms with Crippen LogP contribution in [0.15, 0.2) is 14.1 Å². The number of nitrogens with zero attached hydrogens (tertiary/aromatic N) is 2. The molecule has 0 amide bonds. The van der Waals surface area contributed by atoms with Gasteiger partial charge in [-0.25, -0.2) is 14.2 Å². The molecular formula is C5H6N2O4. The molecule has 0 saturated heterocycles. The zero-order valence-electron chi connectivity index (χ0n) is 6.03. The van der Waals surface area contributed by atoms with Gasteiger partial charge in [-0.3, -0.25) is 4.79 Å². The molecule has 0 fully saturated rings. The molecule has 6 nitrogen and oxygen atoms in total. The van der Waals surface area contributed by atoms with E-state index in [0.29, 0.717) is 9.31 Å². The second-order valence-electron chi connectivity index (χ2n) is 2.01. The minimum atomic E-state index is -0.842. The van der Waals surface area contributed by atoms with Gasteiger partial charge >= 0.3 is 11.4 Å². The molecule has 0 unspecified atom stereocenters. The molecule has 0 aromatic carbocycles. The van der Waals surface area contributed by atoms with E-state index in [2.05, 4.69) is 4.52 Å². The Morgan fingerprint density at radius 1 is 1.45 bits per heavy atom. The third-order valence-electron chi connectivity index (χ3n) is 1.19. The number of aromatic nitrogens is 2. The van der Waals surface area contributed by atoms with Gasteiger partial charge in [-0.05, 0) is 0 Å². The summed E-state index contributed by atoms with van der Waals surface area (Å²) in [6.45, 7) is 1.13. The Labute approximate surface area is 60.6 Å². The highest BCUT2D eigenvalue weighted by Gasteiger charge is 2.10. The molecule has 0 atom stereocenters. The number of hydrogen-bond donors (Lipinski definition) is 0. The average Bonchev–Trinajstić information content (AvgIpc) is 2.17. The number of hydrogen-bond acceptors (Lipinski definition) is 4. The average molecular weight is 158 g/mol. The fourth-order valence-corrected chi connectivity index (χ4v) is 0.592. The minimum absolute atomic E-state index is 0.405. The molecular weight excluding hydrogens is 152 g/mol. The maximum absolute atomic E-state index is 10.8. The first-order valence-corrected chi connectivity index (χ1v) is 2.84. The van der Waals surface area contributed by atoms with Gasteiger partial charge < -0.3 is 4.52 Å². The maximum atomic E-state index is 10.8. The zero-order chi connectivity index (χ0) is 8.59. The summed E-state index contributed by atoms with van der Waals surface area (Å²) in [4.78, 5) is 32.0. The predicted octanol–water partition coefficient (Wildman–Crippen LogP) is -1.20. The molecule has 1 rings (SSSR count). The van der Waals surface area contributed by atoms with Crippen molar-refractivity contribution >= 4 is 5.91 Å². The van der Waals surface area contributed by atoms with Crippen molar-refractivity contribution < 1.29 is 9.32 Å². The monoisotopic (exact) mass is 158 g/mol. The van der Waals surface area contributed by atoms with Crippen molar-refractivity contribution in [2.45, 2.75) is 6.92 Å². The summed E-state index contributed by atoms with van der Waals surface area (Å²) in [6, 6.07) is 0. The molecule has 11 heavy (non-hydrogen) atoms. The Morgan fingerprint density at radius 3 is 2.18 bits per heavy atom. The van der Waals surface area contributed by atoms with Crippen LogP contribution >= 0.6 is 0 Å². The second-order valence-corrected chi connectivity index (χ2v) is 2.01. The topological polar surface area (TPSA) is 74.2 Å². The standard InChI is InChI=1S/C5H6N2O4/c1-3(8)7-4(9)6(2)5(10)11-7/h1-2H3. The lowest BCUT2D eigenvalue weighted by molar-refractivity contribution is 0.0804. The van der Waals surface area contributed by atoms with E-state index in [1.807, 2.05) is 0 Å². The van der Waals surface area contributed by atoms with Crippen molar-refractivity contribution in [2.75, 3.05) is 0 Å². The van der Waals surface area contributed by atoms with Crippen LogP contribution in [0.5, 0.6) is 0 Å². The summed E-state index contributed by atoms with van der Waals surface area (Å²) in [5, 5.41) is 0. The molecule has 1 aromatic rings. The van der Waals surface area contributed by atoms with Crippen LogP contribution in [0.4, 0.5) is 0 Å². The van der Waals surface area contributed by atoms with Gasteiger partial charge in [0.15, 0.2) is 0 Å². The molecule has 0 saturated carbocycles. The molecule has 1 aromatic heterocycles. The molecule has 0 aliphatic heterocycles. The quantitative estimate of drug-likeness (QED) is 0.475. The van der Waals surface area contributed by atoms with Crippen LogP contribution in [-0.4, -0.2) is 15.2 Å². The third kappa shape index (κ3) is 1.02. The Kier molecular flexibility index (Phi) is 1.52. The molecule has 0 spiro atoms. The highest BCUT2D eigenvalue weighted by molar-refractivity contribution is 5.73. The molecule has 0 aliphatic carbocycles. The first-order valence-electron chi connectivity index (χ1n) is 2.84. The van der Waals surface area contributed by atoms with E-state index >= 15 is 0 Å². The Hall–Kier alpha value is -1.59. The van der Waals surface area contributed by atoms with Gasteiger partial charge in [-0.2, -0.15) is 0 Å². The van der Waals surface area contributed by atoms with E-state index in [9.17, 15) is 14.4 Å². The maximum Gasteiger partial charge on any atom is 0.442 e. The van der Waals surface area contributed by atoms with E-state index < -0.39 is 17.4 Å². The molecule has 0 N–H and O–H groups in total. The predicted molar refractivity (Wildman–Crippen MR) is 34.5 cm³/mol. The number of rotatable bonds is 0. The lowest BCUT2D eigenvalue weighted by Gasteiger charge is -1.84. The van der Waals surface area contributed by atoms with E-state index in [4.69, 9.17) is 0 Å². The van der Waals surface area contributed by atoms with Crippen LogP contribution in [0, 0.1) is 0 Å². The highest BCUT2D eigenvalue weighted by Crippen LogP contribution is 1.73. The van der Waals surface area contributed by atoms with Crippen molar-refractivity contribution in [2.24, 2.45) is 7.05 Å². The summed E-state index contributed by atoms with van der Waals surface area (Å²) in [6.07, 6.45) is 0. The summed E-state index contributed by atoms with van der Waals surface area (Å²) in [5.74, 6) is -1.46. The first-order chi connectivity index (χ1) is 5.04. The van der Waals surface area contributed by atoms with Crippen LogP contribution in [0.2, 0.25) is 0 Å². The Bertz CT molecular complexity index is 393. The summed E-state index contributed by atoms with van der Waals surface area (Å²) < 4.78 is 5.38. The van der Waals surface area contributed by atoms with E-state index in [-0.39, 0.29) is 0 Å². The van der Waals surface area contributed by atoms with E-state index in [1.165, 1.54) is 7.05 Å². The summed E-state index contributed by atoms with van der Waals surface area (Å²) >= 11 is 0. The minimum Gasteiger partial charge on any atom is -0.309 e. The fourth-order valence-electron chi connectivity index (χ4n) is 0.592. The van der Waals surface area contributed by atoms with Gasteiger partial charge in [0.25, 0.3) is 5.91 Å². The fraction of sp³-hybridized carbons (Fsp3) is 0.400. The van der Waals surface area contributed by atoms with Gasteiger partial charge in [0, 0.05) is 14.0 Å². The number of carbonyl (C=O) groups excluding carboxylic acids is 1. The molecule has 1 heterocycles. The van der Waals surface area contributed by atoms with Crippen LogP contribution in [0.25, 0.3) is 0 Å². The van der Waals surface area contributed by atoms with Crippen LogP contribution in [-0.2, 0) is 7.05 Å². The van der Waals surface area contributed by atoms with Gasteiger partial charge in [0.1, 0.15) is 0 Å². The largest absolute Gasteiger partial charge is 0.442 e. The van der Waals surface area contributed by atoms with Gasteiger partial charge in [0.2, 0.25) is 0 Å². The third-order valence-corrected chi connectivity index (χ3v) is 1.19. The van der Waals surface area contributed by atoms with Crippen molar-refractivity contribution in [3.05, 3.63) is 21.0 Å². The number of carbonyl (C=O) groups is 1.